The molecule has 0 fully saturated rings. The van der Waals surface area contributed by atoms with Gasteiger partial charge in [0, 0.05) is 25.0 Å². The molecular formula is C14H18N2O2. The van der Waals surface area contributed by atoms with Gasteiger partial charge in [0.15, 0.2) is 0 Å². The van der Waals surface area contributed by atoms with Crippen LogP contribution >= 0.6 is 0 Å². The van der Waals surface area contributed by atoms with Crippen molar-refractivity contribution in [2.75, 3.05) is 7.11 Å². The molecule has 0 saturated heterocycles. The van der Waals surface area contributed by atoms with Gasteiger partial charge in [-0.2, -0.15) is 0 Å². The molecule has 0 aliphatic carbocycles. The Kier molecular flexibility index (Phi) is 3.39. The van der Waals surface area contributed by atoms with E-state index in [0.717, 1.165) is 22.4 Å². The minimum Gasteiger partial charge on any atom is -0.496 e. The normalized spacial score (nSPS) is 12.5. The second-order valence-electron chi connectivity index (χ2n) is 4.43. The van der Waals surface area contributed by atoms with E-state index in [0.29, 0.717) is 5.82 Å². The molecule has 0 spiro atoms. The average Bonchev–Trinajstić information content (AvgIpc) is 2.78. The van der Waals surface area contributed by atoms with Crippen LogP contribution in [0.4, 0.5) is 0 Å². The predicted octanol–water partition coefficient (Wildman–Crippen LogP) is 2.13. The molecule has 1 unspecified atom stereocenters. The Morgan fingerprint density at radius 3 is 2.61 bits per heavy atom. The van der Waals surface area contributed by atoms with E-state index in [1.165, 1.54) is 0 Å². The van der Waals surface area contributed by atoms with Crippen molar-refractivity contribution in [3.05, 3.63) is 47.0 Å². The first-order valence-electron chi connectivity index (χ1n) is 5.85. The fraction of sp³-hybridized carbons (Fsp3) is 0.357. The van der Waals surface area contributed by atoms with Crippen LogP contribution in [-0.2, 0) is 7.05 Å². The highest BCUT2D eigenvalue weighted by atomic mass is 16.5. The van der Waals surface area contributed by atoms with Crippen molar-refractivity contribution in [1.82, 2.24) is 9.55 Å². The Labute approximate surface area is 107 Å². The summed E-state index contributed by atoms with van der Waals surface area (Å²) in [6.45, 7) is 4.01. The highest BCUT2D eigenvalue weighted by Gasteiger charge is 2.20. The lowest BCUT2D eigenvalue weighted by Crippen LogP contribution is -2.09. The standard InChI is InChI=1S/C14H18N2O2/c1-9-5-6-11(13(18-4)10(9)2)12(17)14-15-7-8-16(14)3/h5-8,12,17H,1-4H3. The van der Waals surface area contributed by atoms with E-state index < -0.39 is 6.10 Å². The summed E-state index contributed by atoms with van der Waals surface area (Å²) in [4.78, 5) is 4.18. The monoisotopic (exact) mass is 246 g/mol. The molecule has 0 amide bonds. The van der Waals surface area contributed by atoms with E-state index in [9.17, 15) is 5.11 Å². The summed E-state index contributed by atoms with van der Waals surface area (Å²) < 4.78 is 7.22. The number of aliphatic hydroxyl groups is 1. The number of aliphatic hydroxyl groups excluding tert-OH is 1. The SMILES string of the molecule is COc1c(C(O)c2nccn2C)ccc(C)c1C. The van der Waals surface area contributed by atoms with E-state index in [1.54, 1.807) is 17.9 Å². The first kappa shape index (κ1) is 12.6. The largest absolute Gasteiger partial charge is 0.496 e. The quantitative estimate of drug-likeness (QED) is 0.902. The van der Waals surface area contributed by atoms with Crippen molar-refractivity contribution < 1.29 is 9.84 Å². The van der Waals surface area contributed by atoms with Crippen LogP contribution in [0.25, 0.3) is 0 Å². The first-order valence-corrected chi connectivity index (χ1v) is 5.85. The zero-order valence-electron chi connectivity index (χ0n) is 11.1. The van der Waals surface area contributed by atoms with Gasteiger partial charge in [0.1, 0.15) is 17.7 Å². The van der Waals surface area contributed by atoms with Crippen LogP contribution in [0.3, 0.4) is 0 Å². The van der Waals surface area contributed by atoms with Crippen molar-refractivity contribution in [1.29, 1.82) is 0 Å². The second kappa shape index (κ2) is 4.82. The summed E-state index contributed by atoms with van der Waals surface area (Å²) >= 11 is 0. The van der Waals surface area contributed by atoms with Crippen molar-refractivity contribution in [3.63, 3.8) is 0 Å². The van der Waals surface area contributed by atoms with Crippen LogP contribution in [0.5, 0.6) is 5.75 Å². The summed E-state index contributed by atoms with van der Waals surface area (Å²) in [5.74, 6) is 1.34. The molecule has 1 heterocycles. The number of aryl methyl sites for hydroxylation is 2. The van der Waals surface area contributed by atoms with Crippen molar-refractivity contribution >= 4 is 0 Å². The lowest BCUT2D eigenvalue weighted by Gasteiger charge is -2.17. The molecule has 0 bridgehead atoms. The Morgan fingerprint density at radius 1 is 1.33 bits per heavy atom. The van der Waals surface area contributed by atoms with Crippen LogP contribution in [0.1, 0.15) is 28.6 Å². The van der Waals surface area contributed by atoms with Crippen LogP contribution in [0.2, 0.25) is 0 Å². The van der Waals surface area contributed by atoms with E-state index >= 15 is 0 Å². The molecule has 0 saturated carbocycles. The number of ether oxygens (including phenoxy) is 1. The fourth-order valence-electron chi connectivity index (χ4n) is 2.08. The molecule has 0 aliphatic heterocycles. The van der Waals surface area contributed by atoms with Gasteiger partial charge in [-0.05, 0) is 25.0 Å². The van der Waals surface area contributed by atoms with E-state index in [-0.39, 0.29) is 0 Å². The van der Waals surface area contributed by atoms with Crippen LogP contribution in [0.15, 0.2) is 24.5 Å². The molecule has 0 radical (unpaired) electrons. The number of nitrogens with zero attached hydrogens (tertiary/aromatic N) is 2. The number of benzene rings is 1. The Bertz CT molecular complexity index is 561. The Hall–Kier alpha value is -1.81. The van der Waals surface area contributed by atoms with Gasteiger partial charge in [-0.3, -0.25) is 0 Å². The number of hydrogen-bond donors (Lipinski definition) is 1. The predicted molar refractivity (Wildman–Crippen MR) is 69.7 cm³/mol. The number of imidazole rings is 1. The maximum Gasteiger partial charge on any atom is 0.142 e. The summed E-state index contributed by atoms with van der Waals surface area (Å²) in [7, 11) is 3.48. The van der Waals surface area contributed by atoms with Crippen LogP contribution in [-0.4, -0.2) is 21.8 Å². The summed E-state index contributed by atoms with van der Waals surface area (Å²) in [6, 6.07) is 3.87. The summed E-state index contributed by atoms with van der Waals surface area (Å²) in [5.41, 5.74) is 2.93. The summed E-state index contributed by atoms with van der Waals surface area (Å²) in [6.07, 6.45) is 2.71. The molecular weight excluding hydrogens is 228 g/mol. The maximum atomic E-state index is 10.4. The van der Waals surface area contributed by atoms with Crippen LogP contribution < -0.4 is 4.74 Å². The molecule has 4 heteroatoms. The third-order valence-corrected chi connectivity index (χ3v) is 3.31. The molecule has 1 N–H and O–H groups in total. The molecule has 2 rings (SSSR count). The first-order chi connectivity index (χ1) is 8.56. The van der Waals surface area contributed by atoms with Gasteiger partial charge in [0.25, 0.3) is 0 Å². The zero-order chi connectivity index (χ0) is 13.3. The lowest BCUT2D eigenvalue weighted by molar-refractivity contribution is 0.201. The third kappa shape index (κ3) is 1.99. The number of aromatic nitrogens is 2. The molecule has 1 aromatic carbocycles. The van der Waals surface area contributed by atoms with Crippen molar-refractivity contribution in [2.45, 2.75) is 20.0 Å². The lowest BCUT2D eigenvalue weighted by atomic mass is 10.00. The van der Waals surface area contributed by atoms with Gasteiger partial charge in [0.2, 0.25) is 0 Å². The minimum absolute atomic E-state index is 0.608. The van der Waals surface area contributed by atoms with Gasteiger partial charge in [-0.15, -0.1) is 0 Å². The smallest absolute Gasteiger partial charge is 0.142 e. The van der Waals surface area contributed by atoms with E-state index in [2.05, 4.69) is 4.98 Å². The third-order valence-electron chi connectivity index (χ3n) is 3.31. The maximum absolute atomic E-state index is 10.4. The Balaban J connectivity index is 2.52. The Morgan fingerprint density at radius 2 is 2.06 bits per heavy atom. The average molecular weight is 246 g/mol. The van der Waals surface area contributed by atoms with Crippen molar-refractivity contribution in [3.8, 4) is 5.75 Å². The molecule has 96 valence electrons. The van der Waals surface area contributed by atoms with E-state index in [4.69, 9.17) is 4.74 Å². The van der Waals surface area contributed by atoms with Gasteiger partial charge >= 0.3 is 0 Å². The number of methoxy groups -OCH3 is 1. The molecule has 1 aromatic heterocycles. The molecule has 4 nitrogen and oxygen atoms in total. The van der Waals surface area contributed by atoms with Gasteiger partial charge in [-0.1, -0.05) is 12.1 Å². The van der Waals surface area contributed by atoms with Gasteiger partial charge < -0.3 is 14.4 Å². The van der Waals surface area contributed by atoms with E-state index in [1.807, 2.05) is 39.2 Å². The zero-order valence-corrected chi connectivity index (χ0v) is 11.1. The highest BCUT2D eigenvalue weighted by molar-refractivity contribution is 5.47. The number of rotatable bonds is 3. The second-order valence-corrected chi connectivity index (χ2v) is 4.43. The highest BCUT2D eigenvalue weighted by Crippen LogP contribution is 2.33. The van der Waals surface area contributed by atoms with Gasteiger partial charge in [-0.25, -0.2) is 4.98 Å². The fourth-order valence-corrected chi connectivity index (χ4v) is 2.08. The topological polar surface area (TPSA) is 47.3 Å². The van der Waals surface area contributed by atoms with Crippen molar-refractivity contribution in [2.24, 2.45) is 7.05 Å². The molecule has 2 aromatic rings. The van der Waals surface area contributed by atoms with Crippen LogP contribution in [0, 0.1) is 13.8 Å². The summed E-state index contributed by atoms with van der Waals surface area (Å²) in [5, 5.41) is 10.4. The van der Waals surface area contributed by atoms with Gasteiger partial charge in [0.05, 0.1) is 7.11 Å². The molecule has 18 heavy (non-hydrogen) atoms. The number of hydrogen-bond acceptors (Lipinski definition) is 3. The molecule has 0 aliphatic rings. The molecule has 1 atom stereocenters. The minimum atomic E-state index is -0.778.